The summed E-state index contributed by atoms with van der Waals surface area (Å²) in [5, 5.41) is 2.41. The summed E-state index contributed by atoms with van der Waals surface area (Å²) in [7, 11) is 2.13. The average molecular weight is 489 g/mol. The molecular formula is C35H38NO+. The number of furan rings is 1. The number of hydrogen-bond acceptors (Lipinski definition) is 1. The summed E-state index contributed by atoms with van der Waals surface area (Å²) < 4.78 is 9.04. The second-order valence-corrected chi connectivity index (χ2v) is 12.2. The summed E-state index contributed by atoms with van der Waals surface area (Å²) in [5.41, 5.74) is 12.6. The number of hydrogen-bond donors (Lipinski definition) is 0. The highest BCUT2D eigenvalue weighted by molar-refractivity contribution is 6.11. The molecule has 1 aliphatic rings. The van der Waals surface area contributed by atoms with Crippen LogP contribution < -0.4 is 4.57 Å². The molecule has 2 nitrogen and oxygen atoms in total. The van der Waals surface area contributed by atoms with E-state index in [-0.39, 0.29) is 5.41 Å². The van der Waals surface area contributed by atoms with Crippen LogP contribution in [-0.4, -0.2) is 0 Å². The molecule has 0 spiro atoms. The van der Waals surface area contributed by atoms with Gasteiger partial charge in [-0.25, -0.2) is 4.57 Å². The average Bonchev–Trinajstić information content (AvgIpc) is 3.31. The summed E-state index contributed by atoms with van der Waals surface area (Å²) in [4.78, 5) is 0. The molecule has 5 aromatic rings. The van der Waals surface area contributed by atoms with Crippen LogP contribution in [0.4, 0.5) is 0 Å². The van der Waals surface area contributed by atoms with Crippen molar-refractivity contribution >= 4 is 21.9 Å². The summed E-state index contributed by atoms with van der Waals surface area (Å²) in [5.74, 6) is 1.19. The highest BCUT2D eigenvalue weighted by Gasteiger charge is 2.44. The van der Waals surface area contributed by atoms with Crippen molar-refractivity contribution in [3.05, 3.63) is 89.1 Å². The number of aromatic nitrogens is 1. The Kier molecular flexibility index (Phi) is 5.56. The lowest BCUT2D eigenvalue weighted by Gasteiger charge is -2.35. The maximum absolute atomic E-state index is 6.82. The van der Waals surface area contributed by atoms with Crippen LogP contribution in [0.15, 0.2) is 71.3 Å². The first kappa shape index (κ1) is 24.0. The summed E-state index contributed by atoms with van der Waals surface area (Å²) in [6.45, 7) is 13.8. The van der Waals surface area contributed by atoms with Gasteiger partial charge in [-0.1, -0.05) is 64.1 Å². The van der Waals surface area contributed by atoms with Gasteiger partial charge in [0.25, 0.3) is 0 Å². The van der Waals surface area contributed by atoms with E-state index in [1.807, 2.05) is 0 Å². The molecule has 0 bridgehead atoms. The number of rotatable bonds is 5. The Morgan fingerprint density at radius 3 is 2.22 bits per heavy atom. The lowest BCUT2D eigenvalue weighted by molar-refractivity contribution is -0.660. The minimum Gasteiger partial charge on any atom is -0.455 e. The van der Waals surface area contributed by atoms with Crippen molar-refractivity contribution in [2.24, 2.45) is 18.9 Å². The van der Waals surface area contributed by atoms with Gasteiger partial charge in [0.15, 0.2) is 6.20 Å². The third kappa shape index (κ3) is 3.64. The number of fused-ring (bicyclic) bond motifs is 6. The molecule has 37 heavy (non-hydrogen) atoms. The lowest BCUT2D eigenvalue weighted by Crippen LogP contribution is -2.31. The Bertz CT molecular complexity index is 1660. The molecule has 2 aromatic heterocycles. The standard InChI is InChI=1S/C35H38NO/c1-21(2)18-35(19-22(3)4)29-11-9-8-10-25(29)27-16-28-26-14-13-24(6)33(31-15-12-23(5)20-36(31)7)34(26)37-32(28)17-30(27)35/h8-17,20-22H,18-19H2,1-7H3/q+1. The van der Waals surface area contributed by atoms with Crippen molar-refractivity contribution in [3.63, 3.8) is 0 Å². The van der Waals surface area contributed by atoms with Gasteiger partial charge in [0, 0.05) is 27.8 Å². The monoisotopic (exact) mass is 488 g/mol. The highest BCUT2D eigenvalue weighted by atomic mass is 16.3. The van der Waals surface area contributed by atoms with Gasteiger partial charge < -0.3 is 4.42 Å². The van der Waals surface area contributed by atoms with E-state index in [1.54, 1.807) is 0 Å². The predicted molar refractivity (Wildman–Crippen MR) is 155 cm³/mol. The Labute approximate surface area is 221 Å². The molecule has 0 saturated heterocycles. The number of nitrogens with zero attached hydrogens (tertiary/aromatic N) is 1. The maximum atomic E-state index is 6.82. The molecule has 0 amide bonds. The largest absolute Gasteiger partial charge is 0.455 e. The fourth-order valence-corrected chi connectivity index (χ4v) is 7.12. The molecule has 0 radical (unpaired) electrons. The van der Waals surface area contributed by atoms with E-state index >= 15 is 0 Å². The molecule has 2 heteroatoms. The van der Waals surface area contributed by atoms with Gasteiger partial charge in [-0.15, -0.1) is 0 Å². The number of benzene rings is 3. The molecule has 3 aromatic carbocycles. The van der Waals surface area contributed by atoms with E-state index in [0.29, 0.717) is 11.8 Å². The van der Waals surface area contributed by atoms with Gasteiger partial charge in [0.05, 0.1) is 5.56 Å². The Morgan fingerprint density at radius 2 is 1.51 bits per heavy atom. The summed E-state index contributed by atoms with van der Waals surface area (Å²) >= 11 is 0. The van der Waals surface area contributed by atoms with E-state index in [4.69, 9.17) is 4.42 Å². The van der Waals surface area contributed by atoms with Crippen LogP contribution >= 0.6 is 0 Å². The topological polar surface area (TPSA) is 17.0 Å². The lowest BCUT2D eigenvalue weighted by atomic mass is 9.68. The van der Waals surface area contributed by atoms with Gasteiger partial charge >= 0.3 is 0 Å². The normalized spacial score (nSPS) is 14.2. The molecule has 6 rings (SSSR count). The number of pyridine rings is 1. The molecule has 0 saturated carbocycles. The van der Waals surface area contributed by atoms with Gasteiger partial charge in [-0.3, -0.25) is 0 Å². The van der Waals surface area contributed by atoms with Crippen LogP contribution in [0, 0.1) is 25.7 Å². The van der Waals surface area contributed by atoms with Crippen molar-refractivity contribution in [3.8, 4) is 22.4 Å². The van der Waals surface area contributed by atoms with Crippen LogP contribution in [-0.2, 0) is 12.5 Å². The van der Waals surface area contributed by atoms with Crippen LogP contribution in [0.2, 0.25) is 0 Å². The molecule has 0 fully saturated rings. The minimum absolute atomic E-state index is 0.0174. The van der Waals surface area contributed by atoms with E-state index in [0.717, 1.165) is 24.0 Å². The zero-order valence-electron chi connectivity index (χ0n) is 23.3. The fraction of sp³-hybridized carbons (Fsp3) is 0.343. The molecule has 2 heterocycles. The van der Waals surface area contributed by atoms with E-state index < -0.39 is 0 Å². The van der Waals surface area contributed by atoms with Gasteiger partial charge in [0.1, 0.15) is 18.2 Å². The molecule has 0 aliphatic heterocycles. The zero-order chi connectivity index (χ0) is 26.1. The van der Waals surface area contributed by atoms with Crippen LogP contribution in [0.5, 0.6) is 0 Å². The molecule has 0 unspecified atom stereocenters. The van der Waals surface area contributed by atoms with Crippen molar-refractivity contribution < 1.29 is 8.98 Å². The second kappa shape index (κ2) is 8.58. The van der Waals surface area contributed by atoms with Crippen molar-refractivity contribution in [2.75, 3.05) is 0 Å². The Balaban J connectivity index is 1.67. The van der Waals surface area contributed by atoms with E-state index in [1.165, 1.54) is 55.4 Å². The Hall–Kier alpha value is -3.39. The van der Waals surface area contributed by atoms with Gasteiger partial charge in [0.2, 0.25) is 5.69 Å². The van der Waals surface area contributed by atoms with Crippen molar-refractivity contribution in [2.45, 2.75) is 59.8 Å². The third-order valence-corrected chi connectivity index (χ3v) is 8.29. The van der Waals surface area contributed by atoms with Gasteiger partial charge in [-0.05, 0) is 84.5 Å². The van der Waals surface area contributed by atoms with Crippen molar-refractivity contribution in [1.82, 2.24) is 0 Å². The number of aryl methyl sites for hydroxylation is 3. The summed E-state index contributed by atoms with van der Waals surface area (Å²) in [6.07, 6.45) is 4.48. The van der Waals surface area contributed by atoms with Crippen LogP contribution in [0.1, 0.15) is 62.8 Å². The second-order valence-electron chi connectivity index (χ2n) is 12.2. The van der Waals surface area contributed by atoms with Crippen LogP contribution in [0.3, 0.4) is 0 Å². The molecule has 1 aliphatic carbocycles. The fourth-order valence-electron chi connectivity index (χ4n) is 7.12. The highest BCUT2D eigenvalue weighted by Crippen LogP contribution is 2.56. The predicted octanol–water partition coefficient (Wildman–Crippen LogP) is 9.05. The first-order valence-electron chi connectivity index (χ1n) is 13.8. The SMILES string of the molecule is Cc1ccc(-c2c(C)ccc3c2oc2cc4c(cc23)-c2ccccc2C4(CC(C)C)CC(C)C)[n+](C)c1. The zero-order valence-corrected chi connectivity index (χ0v) is 23.3. The molecule has 188 valence electrons. The minimum atomic E-state index is 0.0174. The van der Waals surface area contributed by atoms with E-state index in [2.05, 4.69) is 120 Å². The third-order valence-electron chi connectivity index (χ3n) is 8.29. The molecular weight excluding hydrogens is 450 g/mol. The smallest absolute Gasteiger partial charge is 0.216 e. The maximum Gasteiger partial charge on any atom is 0.216 e. The first-order chi connectivity index (χ1) is 17.7. The Morgan fingerprint density at radius 1 is 0.784 bits per heavy atom. The van der Waals surface area contributed by atoms with Crippen LogP contribution in [0.25, 0.3) is 44.3 Å². The first-order valence-corrected chi connectivity index (χ1v) is 13.8. The molecule has 0 atom stereocenters. The summed E-state index contributed by atoms with van der Waals surface area (Å²) in [6, 6.07) is 22.8. The van der Waals surface area contributed by atoms with Gasteiger partial charge in [-0.2, -0.15) is 0 Å². The van der Waals surface area contributed by atoms with Crippen molar-refractivity contribution in [1.29, 1.82) is 0 Å². The molecule has 0 N–H and O–H groups in total. The quantitative estimate of drug-likeness (QED) is 0.226. The van der Waals surface area contributed by atoms with E-state index in [9.17, 15) is 0 Å².